The third-order valence-electron chi connectivity index (χ3n) is 2.04. The van der Waals surface area contributed by atoms with E-state index in [0.29, 0.717) is 0 Å². The fourth-order valence-corrected chi connectivity index (χ4v) is 1.11. The van der Waals surface area contributed by atoms with Gasteiger partial charge in [0.2, 0.25) is 0 Å². The Morgan fingerprint density at radius 2 is 1.71 bits per heavy atom. The van der Waals surface area contributed by atoms with E-state index in [4.69, 9.17) is 11.1 Å². The average molecular weight is 237 g/mol. The zero-order valence-corrected chi connectivity index (χ0v) is 11.1. The molecule has 1 fully saturated rings. The van der Waals surface area contributed by atoms with E-state index in [1.165, 1.54) is 25.9 Å². The number of nitrogens with two attached hydrogens (primary N) is 3. The highest BCUT2D eigenvalue weighted by Crippen LogP contribution is 2.08. The topological polar surface area (TPSA) is 89.7 Å². The molecular weight excluding hydrogens is 212 g/mol. The summed E-state index contributed by atoms with van der Waals surface area (Å²) in [4.78, 5) is 0. The van der Waals surface area contributed by atoms with E-state index < -0.39 is 0 Å². The van der Waals surface area contributed by atoms with Gasteiger partial charge in [0.25, 0.3) is 0 Å². The molecule has 0 aromatic rings. The molecule has 7 N–H and O–H groups in total. The van der Waals surface area contributed by atoms with Gasteiger partial charge in [0.05, 0.1) is 0 Å². The molecule has 96 valence electrons. The molecule has 1 heterocycles. The standard InChI is InChI=1S/C6H13N.C4H6N2.C3H5N/c1-6-2-4-7-5-3-6;1-2-3-4(5)6;1-2-3-4/h6-7H,2-5H2,1H3;1H3,(H3,5,6);4H2,1H3/p+1. The maximum atomic E-state index is 4.92. The zero-order chi connectivity index (χ0) is 13.5. The van der Waals surface area contributed by atoms with Crippen LogP contribution < -0.4 is 22.2 Å². The largest absolute Gasteiger partial charge is 0.359 e. The Balaban J connectivity index is 0. The maximum Gasteiger partial charge on any atom is 0.316 e. The number of nitrogens with one attached hydrogen (secondary N) is 1. The SMILES string of the molecule is CC#CC(N)=[NH2+].CC#CN.CC1CCNCC1. The molecule has 0 aromatic heterocycles. The third kappa shape index (κ3) is 20.4. The van der Waals surface area contributed by atoms with Crippen LogP contribution in [0.15, 0.2) is 0 Å². The molecule has 0 radical (unpaired) electrons. The van der Waals surface area contributed by atoms with Gasteiger partial charge in [-0.25, -0.2) is 0 Å². The fourth-order valence-electron chi connectivity index (χ4n) is 1.11. The summed E-state index contributed by atoms with van der Waals surface area (Å²) in [6, 6.07) is 2.18. The lowest BCUT2D eigenvalue weighted by molar-refractivity contribution is -0.112. The van der Waals surface area contributed by atoms with Crippen molar-refractivity contribution in [1.82, 2.24) is 5.32 Å². The van der Waals surface area contributed by atoms with Gasteiger partial charge in [-0.2, -0.15) is 0 Å². The molecule has 4 heteroatoms. The Labute approximate surface area is 105 Å². The van der Waals surface area contributed by atoms with Crippen molar-refractivity contribution < 1.29 is 5.41 Å². The first-order chi connectivity index (χ1) is 8.08. The molecule has 0 bridgehead atoms. The van der Waals surface area contributed by atoms with Crippen molar-refractivity contribution in [3.8, 4) is 23.8 Å². The van der Waals surface area contributed by atoms with Crippen LogP contribution in [0.5, 0.6) is 0 Å². The second-order valence-corrected chi connectivity index (χ2v) is 3.66. The third-order valence-corrected chi connectivity index (χ3v) is 2.04. The summed E-state index contributed by atoms with van der Waals surface area (Å²) < 4.78 is 0. The van der Waals surface area contributed by atoms with Crippen LogP contribution in [0.4, 0.5) is 0 Å². The van der Waals surface area contributed by atoms with Crippen LogP contribution in [0.2, 0.25) is 0 Å². The quantitative estimate of drug-likeness (QED) is 0.190. The second kappa shape index (κ2) is 14.3. The molecule has 0 aromatic carbocycles. The lowest BCUT2D eigenvalue weighted by Gasteiger charge is -2.17. The summed E-state index contributed by atoms with van der Waals surface area (Å²) in [6.07, 6.45) is 2.75. The van der Waals surface area contributed by atoms with Crippen LogP contribution in [-0.4, -0.2) is 18.9 Å². The molecule has 0 unspecified atom stereocenters. The maximum absolute atomic E-state index is 4.92. The molecule has 0 amide bonds. The van der Waals surface area contributed by atoms with E-state index in [9.17, 15) is 0 Å². The molecule has 4 nitrogen and oxygen atoms in total. The van der Waals surface area contributed by atoms with Crippen LogP contribution in [0, 0.1) is 29.7 Å². The minimum absolute atomic E-state index is 0.178. The molecular formula is C13H25N4+. The Hall–Kier alpha value is -1.65. The molecule has 0 spiro atoms. The molecule has 17 heavy (non-hydrogen) atoms. The zero-order valence-electron chi connectivity index (χ0n) is 11.1. The summed E-state index contributed by atoms with van der Waals surface area (Å²) in [5, 5.41) is 8.24. The van der Waals surface area contributed by atoms with Gasteiger partial charge in [0, 0.05) is 12.0 Å². The second-order valence-electron chi connectivity index (χ2n) is 3.66. The van der Waals surface area contributed by atoms with Gasteiger partial charge < -0.3 is 11.1 Å². The summed E-state index contributed by atoms with van der Waals surface area (Å²) in [5.41, 5.74) is 9.59. The molecule has 1 saturated heterocycles. The minimum atomic E-state index is 0.178. The van der Waals surface area contributed by atoms with Gasteiger partial charge in [-0.05, 0) is 45.7 Å². The summed E-state index contributed by atoms with van der Waals surface area (Å²) in [5.74, 6) is 8.57. The summed E-state index contributed by atoms with van der Waals surface area (Å²) >= 11 is 0. The van der Waals surface area contributed by atoms with Crippen LogP contribution in [-0.2, 0) is 0 Å². The first-order valence-electron chi connectivity index (χ1n) is 5.72. The predicted molar refractivity (Wildman–Crippen MR) is 73.5 cm³/mol. The Morgan fingerprint density at radius 3 is 1.82 bits per heavy atom. The minimum Gasteiger partial charge on any atom is -0.359 e. The first kappa shape index (κ1) is 17.7. The smallest absolute Gasteiger partial charge is 0.316 e. The van der Waals surface area contributed by atoms with Crippen LogP contribution in [0.3, 0.4) is 0 Å². The van der Waals surface area contributed by atoms with Gasteiger partial charge in [-0.1, -0.05) is 18.8 Å². The van der Waals surface area contributed by atoms with Crippen LogP contribution in [0.1, 0.15) is 33.6 Å². The van der Waals surface area contributed by atoms with Crippen molar-refractivity contribution in [2.24, 2.45) is 17.4 Å². The molecule has 0 saturated carbocycles. The van der Waals surface area contributed by atoms with Crippen molar-refractivity contribution in [1.29, 1.82) is 0 Å². The van der Waals surface area contributed by atoms with E-state index in [1.807, 2.05) is 0 Å². The highest BCUT2D eigenvalue weighted by molar-refractivity contribution is 5.91. The lowest BCUT2D eigenvalue weighted by Crippen LogP contribution is -2.44. The Bertz CT molecular complexity index is 289. The molecule has 1 aliphatic rings. The normalized spacial score (nSPS) is 13.1. The molecule has 1 rings (SSSR count). The predicted octanol–water partition coefficient (Wildman–Crippen LogP) is -0.942. The molecule has 0 atom stereocenters. The van der Waals surface area contributed by atoms with Crippen LogP contribution in [0.25, 0.3) is 0 Å². The number of piperidine rings is 1. The molecule has 1 aliphatic heterocycles. The van der Waals surface area contributed by atoms with Gasteiger partial charge in [-0.3, -0.25) is 11.1 Å². The van der Waals surface area contributed by atoms with E-state index in [2.05, 4.69) is 41.8 Å². The monoisotopic (exact) mass is 237 g/mol. The summed E-state index contributed by atoms with van der Waals surface area (Å²) in [6.45, 7) is 8.17. The molecule has 0 aliphatic carbocycles. The van der Waals surface area contributed by atoms with Crippen molar-refractivity contribution in [3.63, 3.8) is 0 Å². The van der Waals surface area contributed by atoms with E-state index in [-0.39, 0.29) is 5.84 Å². The fraction of sp³-hybridized carbons (Fsp3) is 0.615. The van der Waals surface area contributed by atoms with Gasteiger partial charge >= 0.3 is 5.84 Å². The lowest BCUT2D eigenvalue weighted by atomic mass is 10.0. The van der Waals surface area contributed by atoms with Gasteiger partial charge in [0.15, 0.2) is 0 Å². The van der Waals surface area contributed by atoms with E-state index in [0.717, 1.165) is 5.92 Å². The Kier molecular flexibility index (Phi) is 15.0. The van der Waals surface area contributed by atoms with Gasteiger partial charge in [0.1, 0.15) is 0 Å². The van der Waals surface area contributed by atoms with E-state index in [1.54, 1.807) is 13.8 Å². The van der Waals surface area contributed by atoms with Crippen molar-refractivity contribution in [2.45, 2.75) is 33.6 Å². The van der Waals surface area contributed by atoms with E-state index >= 15 is 0 Å². The highest BCUT2D eigenvalue weighted by Gasteiger charge is 2.04. The van der Waals surface area contributed by atoms with Crippen molar-refractivity contribution in [2.75, 3.05) is 13.1 Å². The first-order valence-corrected chi connectivity index (χ1v) is 5.72. The van der Waals surface area contributed by atoms with Crippen LogP contribution >= 0.6 is 0 Å². The van der Waals surface area contributed by atoms with Crippen molar-refractivity contribution >= 4 is 5.84 Å². The number of hydrogen-bond acceptors (Lipinski definition) is 2. The van der Waals surface area contributed by atoms with Crippen molar-refractivity contribution in [3.05, 3.63) is 0 Å². The number of hydrogen-bond donors (Lipinski definition) is 4. The summed E-state index contributed by atoms with van der Waals surface area (Å²) in [7, 11) is 0. The highest BCUT2D eigenvalue weighted by atomic mass is 14.9. The number of rotatable bonds is 0. The average Bonchev–Trinajstić information content (AvgIpc) is 2.31. The number of amidine groups is 1. The van der Waals surface area contributed by atoms with Gasteiger partial charge in [-0.15, -0.1) is 0 Å². The Morgan fingerprint density at radius 1 is 1.24 bits per heavy atom.